The third-order valence-corrected chi connectivity index (χ3v) is 4.15. The number of H-pyrrole nitrogens is 1. The Kier molecular flexibility index (Phi) is 3.90. The van der Waals surface area contributed by atoms with Crippen LogP contribution >= 0.6 is 0 Å². The summed E-state index contributed by atoms with van der Waals surface area (Å²) in [6.45, 7) is 2.25. The van der Waals surface area contributed by atoms with Crippen molar-refractivity contribution in [3.63, 3.8) is 0 Å². The number of hydrogen-bond acceptors (Lipinski definition) is 3. The highest BCUT2D eigenvalue weighted by molar-refractivity contribution is 5.42. The maximum atomic E-state index is 5.20. The smallest absolute Gasteiger partial charge is 0.118 e. The molecule has 0 spiro atoms. The second-order valence-corrected chi connectivity index (χ2v) is 5.44. The first-order valence-electron chi connectivity index (χ1n) is 7.22. The van der Waals surface area contributed by atoms with Gasteiger partial charge in [-0.25, -0.2) is 0 Å². The molecule has 0 atom stereocenters. The number of methoxy groups -OCH3 is 1. The SMILES string of the molecule is COc1ccc(CC2CCN(c3cn[nH]c3)CC2)cc1. The van der Waals surface area contributed by atoms with E-state index in [-0.39, 0.29) is 0 Å². The van der Waals surface area contributed by atoms with E-state index in [9.17, 15) is 0 Å². The van der Waals surface area contributed by atoms with Gasteiger partial charge in [0.05, 0.1) is 19.0 Å². The van der Waals surface area contributed by atoms with Gasteiger partial charge in [-0.3, -0.25) is 5.10 Å². The molecule has 0 bridgehead atoms. The van der Waals surface area contributed by atoms with Gasteiger partial charge in [-0.1, -0.05) is 12.1 Å². The molecule has 2 heterocycles. The number of hydrogen-bond donors (Lipinski definition) is 1. The minimum Gasteiger partial charge on any atom is -0.497 e. The zero-order valence-electron chi connectivity index (χ0n) is 11.9. The number of nitrogens with one attached hydrogen (secondary N) is 1. The van der Waals surface area contributed by atoms with Crippen LogP contribution in [0.15, 0.2) is 36.7 Å². The quantitative estimate of drug-likeness (QED) is 0.929. The van der Waals surface area contributed by atoms with Crippen LogP contribution in [-0.4, -0.2) is 30.4 Å². The van der Waals surface area contributed by atoms with E-state index in [1.54, 1.807) is 7.11 Å². The van der Waals surface area contributed by atoms with Crippen molar-refractivity contribution in [2.45, 2.75) is 19.3 Å². The van der Waals surface area contributed by atoms with Crippen molar-refractivity contribution in [3.8, 4) is 5.75 Å². The summed E-state index contributed by atoms with van der Waals surface area (Å²) in [5.74, 6) is 1.72. The maximum Gasteiger partial charge on any atom is 0.118 e. The van der Waals surface area contributed by atoms with Crippen LogP contribution in [0.1, 0.15) is 18.4 Å². The average molecular weight is 271 g/mol. The van der Waals surface area contributed by atoms with Crippen LogP contribution in [0.4, 0.5) is 5.69 Å². The van der Waals surface area contributed by atoms with Gasteiger partial charge >= 0.3 is 0 Å². The molecule has 20 heavy (non-hydrogen) atoms. The molecule has 2 aromatic rings. The van der Waals surface area contributed by atoms with Gasteiger partial charge in [-0.2, -0.15) is 5.10 Å². The molecule has 1 aliphatic heterocycles. The third-order valence-electron chi connectivity index (χ3n) is 4.15. The molecule has 1 aliphatic rings. The summed E-state index contributed by atoms with van der Waals surface area (Å²) in [4.78, 5) is 2.41. The van der Waals surface area contributed by atoms with Gasteiger partial charge in [0.25, 0.3) is 0 Å². The van der Waals surface area contributed by atoms with Crippen LogP contribution in [0.5, 0.6) is 5.75 Å². The number of anilines is 1. The number of ether oxygens (including phenoxy) is 1. The van der Waals surface area contributed by atoms with E-state index in [0.29, 0.717) is 0 Å². The zero-order valence-corrected chi connectivity index (χ0v) is 11.9. The van der Waals surface area contributed by atoms with Crippen LogP contribution in [0.3, 0.4) is 0 Å². The molecule has 0 saturated carbocycles. The molecule has 3 rings (SSSR count). The molecule has 0 aliphatic carbocycles. The predicted octanol–water partition coefficient (Wildman–Crippen LogP) is 2.88. The molecule has 1 fully saturated rings. The first-order valence-corrected chi connectivity index (χ1v) is 7.22. The van der Waals surface area contributed by atoms with Gasteiger partial charge in [0, 0.05) is 19.3 Å². The minimum atomic E-state index is 0.784. The van der Waals surface area contributed by atoms with E-state index in [2.05, 4.69) is 39.4 Å². The lowest BCUT2D eigenvalue weighted by molar-refractivity contribution is 0.402. The highest BCUT2D eigenvalue weighted by Crippen LogP contribution is 2.25. The first kappa shape index (κ1) is 13.0. The van der Waals surface area contributed by atoms with E-state index in [0.717, 1.165) is 24.8 Å². The lowest BCUT2D eigenvalue weighted by Crippen LogP contribution is -2.34. The summed E-state index contributed by atoms with van der Waals surface area (Å²) in [6.07, 6.45) is 7.55. The fourth-order valence-electron chi connectivity index (χ4n) is 2.91. The Morgan fingerprint density at radius 2 is 2.00 bits per heavy atom. The molecule has 1 aromatic heterocycles. The van der Waals surface area contributed by atoms with Gasteiger partial charge in [-0.05, 0) is 42.9 Å². The number of nitrogens with zero attached hydrogens (tertiary/aromatic N) is 2. The van der Waals surface area contributed by atoms with Crippen molar-refractivity contribution in [2.24, 2.45) is 5.92 Å². The van der Waals surface area contributed by atoms with Gasteiger partial charge < -0.3 is 9.64 Å². The summed E-state index contributed by atoms with van der Waals surface area (Å²) < 4.78 is 5.20. The van der Waals surface area contributed by atoms with Gasteiger partial charge in [-0.15, -0.1) is 0 Å². The largest absolute Gasteiger partial charge is 0.497 e. The second-order valence-electron chi connectivity index (χ2n) is 5.44. The van der Waals surface area contributed by atoms with Gasteiger partial charge in [0.1, 0.15) is 5.75 Å². The van der Waals surface area contributed by atoms with E-state index in [1.807, 2.05) is 12.4 Å². The molecule has 1 aromatic carbocycles. The normalized spacial score (nSPS) is 16.4. The monoisotopic (exact) mass is 271 g/mol. The number of benzene rings is 1. The molecule has 106 valence electrons. The Hall–Kier alpha value is -1.97. The van der Waals surface area contributed by atoms with Crippen molar-refractivity contribution in [1.82, 2.24) is 10.2 Å². The molecule has 4 heteroatoms. The average Bonchev–Trinajstić information content (AvgIpc) is 3.03. The molecule has 1 saturated heterocycles. The van der Waals surface area contributed by atoms with Crippen molar-refractivity contribution in [3.05, 3.63) is 42.2 Å². The zero-order chi connectivity index (χ0) is 13.8. The molecule has 0 amide bonds. The molecular formula is C16H21N3O. The predicted molar refractivity (Wildman–Crippen MR) is 80.2 cm³/mol. The maximum absolute atomic E-state index is 5.20. The number of aromatic nitrogens is 2. The fraction of sp³-hybridized carbons (Fsp3) is 0.438. The van der Waals surface area contributed by atoms with E-state index >= 15 is 0 Å². The van der Waals surface area contributed by atoms with E-state index < -0.39 is 0 Å². The molecular weight excluding hydrogens is 250 g/mol. The van der Waals surface area contributed by atoms with Crippen molar-refractivity contribution in [2.75, 3.05) is 25.1 Å². The van der Waals surface area contributed by atoms with Gasteiger partial charge in [0.15, 0.2) is 0 Å². The highest BCUT2D eigenvalue weighted by Gasteiger charge is 2.20. The summed E-state index contributed by atoms with van der Waals surface area (Å²) in [7, 11) is 1.71. The standard InChI is InChI=1S/C16H21N3O/c1-20-16-4-2-13(3-5-16)10-14-6-8-19(9-7-14)15-11-17-18-12-15/h2-5,11-12,14H,6-10H2,1H3,(H,17,18). The van der Waals surface area contributed by atoms with Crippen LogP contribution in [0, 0.1) is 5.92 Å². The molecule has 4 nitrogen and oxygen atoms in total. The summed E-state index contributed by atoms with van der Waals surface area (Å²) in [6, 6.07) is 8.47. The Morgan fingerprint density at radius 1 is 1.25 bits per heavy atom. The van der Waals surface area contributed by atoms with Crippen molar-refractivity contribution < 1.29 is 4.74 Å². The van der Waals surface area contributed by atoms with Crippen molar-refractivity contribution in [1.29, 1.82) is 0 Å². The molecule has 0 unspecified atom stereocenters. The minimum absolute atomic E-state index is 0.784. The molecule has 0 radical (unpaired) electrons. The molecule has 1 N–H and O–H groups in total. The first-order chi connectivity index (χ1) is 9.85. The van der Waals surface area contributed by atoms with Crippen LogP contribution in [-0.2, 0) is 6.42 Å². The summed E-state index contributed by atoms with van der Waals surface area (Å²) in [5.41, 5.74) is 2.63. The van der Waals surface area contributed by atoms with Crippen LogP contribution in [0.2, 0.25) is 0 Å². The highest BCUT2D eigenvalue weighted by atomic mass is 16.5. The van der Waals surface area contributed by atoms with E-state index in [1.165, 1.54) is 30.5 Å². The Balaban J connectivity index is 1.53. The van der Waals surface area contributed by atoms with Crippen LogP contribution in [0.25, 0.3) is 0 Å². The lowest BCUT2D eigenvalue weighted by atomic mass is 9.90. The third kappa shape index (κ3) is 2.95. The van der Waals surface area contributed by atoms with Crippen LogP contribution < -0.4 is 9.64 Å². The number of aromatic amines is 1. The van der Waals surface area contributed by atoms with Gasteiger partial charge in [0.2, 0.25) is 0 Å². The fourth-order valence-corrected chi connectivity index (χ4v) is 2.91. The summed E-state index contributed by atoms with van der Waals surface area (Å²) >= 11 is 0. The second kappa shape index (κ2) is 5.99. The Morgan fingerprint density at radius 3 is 2.60 bits per heavy atom. The van der Waals surface area contributed by atoms with E-state index in [4.69, 9.17) is 4.74 Å². The number of rotatable bonds is 4. The number of piperidine rings is 1. The lowest BCUT2D eigenvalue weighted by Gasteiger charge is -2.32. The topological polar surface area (TPSA) is 41.1 Å². The Labute approximate surface area is 119 Å². The van der Waals surface area contributed by atoms with Crippen molar-refractivity contribution >= 4 is 5.69 Å². The summed E-state index contributed by atoms with van der Waals surface area (Å²) in [5, 5.41) is 6.91. The Bertz CT molecular complexity index is 513.